The summed E-state index contributed by atoms with van der Waals surface area (Å²) >= 11 is 0. The smallest absolute Gasteiger partial charge is 0.0619 e. The van der Waals surface area contributed by atoms with Crippen LogP contribution >= 0.6 is 0 Å². The zero-order valence-electron chi connectivity index (χ0n) is 33.4. The zero-order valence-corrected chi connectivity index (χ0v) is 33.4. The van der Waals surface area contributed by atoms with Gasteiger partial charge >= 0.3 is 0 Å². The summed E-state index contributed by atoms with van der Waals surface area (Å²) in [5.41, 5.74) is 15.0. The van der Waals surface area contributed by atoms with Crippen molar-refractivity contribution >= 4 is 89.1 Å². The predicted molar refractivity (Wildman–Crippen MR) is 259 cm³/mol. The summed E-state index contributed by atoms with van der Waals surface area (Å²) in [6, 6.07) is 83.7. The molecule has 10 aromatic carbocycles. The minimum absolute atomic E-state index is 1.10. The monoisotopic (exact) mass is 777 g/mol. The van der Waals surface area contributed by atoms with Crippen molar-refractivity contribution in [3.05, 3.63) is 247 Å². The Labute approximate surface area is 354 Å². The molecule has 1 aliphatic heterocycles. The van der Waals surface area contributed by atoms with Crippen LogP contribution in [0.5, 0.6) is 0 Å². The lowest BCUT2D eigenvalue weighted by atomic mass is 9.93. The Morgan fingerprint density at radius 3 is 1.80 bits per heavy atom. The molecule has 61 heavy (non-hydrogen) atoms. The SMILES string of the molecule is C1=C(c2cccc(N(c3ccccc3)c3cccc4ccccc34)c2)c2cccc3c4cc(N(c5ccccc5)c5ccc6ccccc6c5)ccc4n(c23)-c2ccccc21. The summed E-state index contributed by atoms with van der Waals surface area (Å²) in [4.78, 5) is 4.77. The Hall–Kier alpha value is -8.14. The Bertz CT molecular complexity index is 3480. The van der Waals surface area contributed by atoms with E-state index in [9.17, 15) is 0 Å². The first kappa shape index (κ1) is 34.9. The first-order valence-electron chi connectivity index (χ1n) is 20.9. The van der Waals surface area contributed by atoms with Gasteiger partial charge in [0, 0.05) is 50.2 Å². The molecule has 1 aromatic heterocycles. The van der Waals surface area contributed by atoms with Crippen LogP contribution in [0.15, 0.2) is 231 Å². The second-order valence-corrected chi connectivity index (χ2v) is 15.8. The van der Waals surface area contributed by atoms with Crippen molar-refractivity contribution in [3.8, 4) is 5.69 Å². The Morgan fingerprint density at radius 1 is 0.344 bits per heavy atom. The summed E-state index contributed by atoms with van der Waals surface area (Å²) in [6.07, 6.45) is 2.39. The summed E-state index contributed by atoms with van der Waals surface area (Å²) in [7, 11) is 0. The molecule has 0 fully saturated rings. The summed E-state index contributed by atoms with van der Waals surface area (Å²) in [5, 5.41) is 7.31. The lowest BCUT2D eigenvalue weighted by Gasteiger charge is -2.27. The van der Waals surface area contributed by atoms with E-state index in [2.05, 4.69) is 251 Å². The third kappa shape index (κ3) is 5.82. The minimum atomic E-state index is 1.10. The molecule has 1 aliphatic rings. The van der Waals surface area contributed by atoms with Gasteiger partial charge in [0.2, 0.25) is 0 Å². The molecule has 0 radical (unpaired) electrons. The number of fused-ring (bicyclic) bond motifs is 7. The summed E-state index contributed by atoms with van der Waals surface area (Å²) in [5.74, 6) is 0. The van der Waals surface area contributed by atoms with Gasteiger partial charge in [-0.25, -0.2) is 0 Å². The van der Waals surface area contributed by atoms with Gasteiger partial charge in [-0.2, -0.15) is 0 Å². The number of rotatable bonds is 7. The molecule has 0 atom stereocenters. The van der Waals surface area contributed by atoms with Gasteiger partial charge in [0.05, 0.1) is 22.4 Å². The number of hydrogen-bond acceptors (Lipinski definition) is 2. The number of para-hydroxylation sites is 4. The Kier molecular flexibility index (Phi) is 8.17. The van der Waals surface area contributed by atoms with Gasteiger partial charge in [0.1, 0.15) is 0 Å². The van der Waals surface area contributed by atoms with Gasteiger partial charge in [0.25, 0.3) is 0 Å². The van der Waals surface area contributed by atoms with Crippen molar-refractivity contribution < 1.29 is 0 Å². The van der Waals surface area contributed by atoms with E-state index in [1.54, 1.807) is 0 Å². The van der Waals surface area contributed by atoms with E-state index in [1.807, 2.05) is 0 Å². The molecule has 0 N–H and O–H groups in total. The third-order valence-electron chi connectivity index (χ3n) is 12.2. The fourth-order valence-electron chi connectivity index (χ4n) is 9.51. The minimum Gasteiger partial charge on any atom is -0.310 e. The van der Waals surface area contributed by atoms with Crippen molar-refractivity contribution in [2.45, 2.75) is 0 Å². The maximum absolute atomic E-state index is 2.49. The molecule has 0 amide bonds. The van der Waals surface area contributed by atoms with Crippen molar-refractivity contribution in [1.82, 2.24) is 4.57 Å². The van der Waals surface area contributed by atoms with Crippen LogP contribution in [0.25, 0.3) is 60.7 Å². The number of hydrogen-bond donors (Lipinski definition) is 0. The fraction of sp³-hybridized carbons (Fsp3) is 0. The molecule has 0 spiro atoms. The van der Waals surface area contributed by atoms with E-state index in [1.165, 1.54) is 65.7 Å². The highest BCUT2D eigenvalue weighted by atomic mass is 15.1. The highest BCUT2D eigenvalue weighted by Crippen LogP contribution is 2.46. The van der Waals surface area contributed by atoms with E-state index in [0.717, 1.165) is 39.7 Å². The van der Waals surface area contributed by atoms with Crippen molar-refractivity contribution in [3.63, 3.8) is 0 Å². The van der Waals surface area contributed by atoms with Crippen LogP contribution < -0.4 is 9.80 Å². The fourth-order valence-corrected chi connectivity index (χ4v) is 9.51. The lowest BCUT2D eigenvalue weighted by molar-refractivity contribution is 1.17. The van der Waals surface area contributed by atoms with Gasteiger partial charge in [-0.1, -0.05) is 152 Å². The maximum atomic E-state index is 2.49. The number of nitrogens with zero attached hydrogens (tertiary/aromatic N) is 3. The first-order chi connectivity index (χ1) is 30.3. The number of aromatic nitrogens is 1. The molecule has 286 valence electrons. The van der Waals surface area contributed by atoms with E-state index in [-0.39, 0.29) is 0 Å². The molecule has 0 aliphatic carbocycles. The molecule has 0 bridgehead atoms. The van der Waals surface area contributed by atoms with Crippen LogP contribution in [0.4, 0.5) is 34.1 Å². The van der Waals surface area contributed by atoms with Gasteiger partial charge in [-0.3, -0.25) is 0 Å². The van der Waals surface area contributed by atoms with Crippen molar-refractivity contribution in [1.29, 1.82) is 0 Å². The van der Waals surface area contributed by atoms with Crippen LogP contribution in [-0.4, -0.2) is 4.57 Å². The average Bonchev–Trinajstić information content (AvgIpc) is 3.57. The van der Waals surface area contributed by atoms with Gasteiger partial charge in [0.15, 0.2) is 0 Å². The van der Waals surface area contributed by atoms with Crippen molar-refractivity contribution in [2.24, 2.45) is 0 Å². The second kappa shape index (κ2) is 14.3. The van der Waals surface area contributed by atoms with E-state index < -0.39 is 0 Å². The van der Waals surface area contributed by atoms with E-state index in [4.69, 9.17) is 0 Å². The molecule has 0 saturated carbocycles. The van der Waals surface area contributed by atoms with Crippen LogP contribution in [0.3, 0.4) is 0 Å². The van der Waals surface area contributed by atoms with Crippen LogP contribution in [0, 0.1) is 0 Å². The van der Waals surface area contributed by atoms with E-state index in [0.29, 0.717) is 0 Å². The van der Waals surface area contributed by atoms with Gasteiger partial charge in [-0.15, -0.1) is 0 Å². The highest BCUT2D eigenvalue weighted by molar-refractivity contribution is 6.17. The lowest BCUT2D eigenvalue weighted by Crippen LogP contribution is -2.10. The highest BCUT2D eigenvalue weighted by Gasteiger charge is 2.25. The van der Waals surface area contributed by atoms with Gasteiger partial charge in [-0.05, 0) is 118 Å². The molecule has 11 aromatic rings. The van der Waals surface area contributed by atoms with Crippen LogP contribution in [-0.2, 0) is 0 Å². The summed E-state index contributed by atoms with van der Waals surface area (Å²) in [6.45, 7) is 0. The first-order valence-corrected chi connectivity index (χ1v) is 20.9. The van der Waals surface area contributed by atoms with E-state index >= 15 is 0 Å². The predicted octanol–water partition coefficient (Wildman–Crippen LogP) is 15.9. The molecule has 0 saturated heterocycles. The Balaban J connectivity index is 1.06. The molecule has 0 unspecified atom stereocenters. The normalized spacial score (nSPS) is 12.0. The quantitative estimate of drug-likeness (QED) is 0.160. The summed E-state index contributed by atoms with van der Waals surface area (Å²) < 4.78 is 2.49. The molecule has 3 nitrogen and oxygen atoms in total. The maximum Gasteiger partial charge on any atom is 0.0619 e. The largest absolute Gasteiger partial charge is 0.310 e. The third-order valence-corrected chi connectivity index (χ3v) is 12.2. The Morgan fingerprint density at radius 2 is 0.951 bits per heavy atom. The molecular weight excluding hydrogens is 739 g/mol. The van der Waals surface area contributed by atoms with Crippen LogP contribution in [0.2, 0.25) is 0 Å². The second-order valence-electron chi connectivity index (χ2n) is 15.8. The molecular formula is C58H39N3. The zero-order chi connectivity index (χ0) is 40.3. The molecule has 12 rings (SSSR count). The standard InChI is InChI=1S/C58H39N3/c1-3-22-45(23-4-1)59(48-33-32-40-16-7-8-18-42(40)36-48)49-34-35-57-54(39-49)52-29-15-28-51-53(38-44-19-10-12-30-55(44)61(57)58(51)52)43-21-13-26-47(37-43)60(46-24-5-2-6-25-46)56-31-14-20-41-17-9-11-27-50(41)56/h1-39H. The van der Waals surface area contributed by atoms with Crippen LogP contribution in [0.1, 0.15) is 16.7 Å². The number of anilines is 6. The average molecular weight is 778 g/mol. The number of benzene rings is 10. The molecule has 2 heterocycles. The molecule has 3 heteroatoms. The topological polar surface area (TPSA) is 11.4 Å². The van der Waals surface area contributed by atoms with Crippen molar-refractivity contribution in [2.75, 3.05) is 9.80 Å². The van der Waals surface area contributed by atoms with Gasteiger partial charge < -0.3 is 14.4 Å².